The third kappa shape index (κ3) is 3.25. The van der Waals surface area contributed by atoms with Gasteiger partial charge in [-0.3, -0.25) is 9.69 Å². The maximum atomic E-state index is 11.7. The fraction of sp³-hybridized carbons (Fsp3) is 0.786. The zero-order valence-corrected chi connectivity index (χ0v) is 11.5. The van der Waals surface area contributed by atoms with Crippen LogP contribution in [0.25, 0.3) is 0 Å². The molecule has 0 spiro atoms. The number of fused-ring (bicyclic) bond motifs is 1. The standard InChI is InChI=1S/C14H25N3O/c1-10(2)15-11(3)8-17-9-14(18)16-12-6-4-5-7-13(12)17/h10,12-13,15H,3-9H2,1-2H3,(H,16,18). The van der Waals surface area contributed by atoms with Crippen molar-refractivity contribution in [2.75, 3.05) is 13.1 Å². The van der Waals surface area contributed by atoms with E-state index < -0.39 is 0 Å². The van der Waals surface area contributed by atoms with Gasteiger partial charge in [-0.1, -0.05) is 19.4 Å². The summed E-state index contributed by atoms with van der Waals surface area (Å²) < 4.78 is 0. The number of nitrogens with zero attached hydrogens (tertiary/aromatic N) is 1. The molecule has 102 valence electrons. The van der Waals surface area contributed by atoms with Crippen molar-refractivity contribution in [2.24, 2.45) is 0 Å². The van der Waals surface area contributed by atoms with E-state index in [0.717, 1.165) is 18.7 Å². The zero-order valence-electron chi connectivity index (χ0n) is 11.5. The van der Waals surface area contributed by atoms with Crippen LogP contribution in [0.2, 0.25) is 0 Å². The minimum absolute atomic E-state index is 0.162. The molecule has 4 heteroatoms. The van der Waals surface area contributed by atoms with Gasteiger partial charge in [0.25, 0.3) is 0 Å². The molecule has 2 fully saturated rings. The predicted molar refractivity (Wildman–Crippen MR) is 73.2 cm³/mol. The summed E-state index contributed by atoms with van der Waals surface area (Å²) >= 11 is 0. The molecule has 0 aromatic carbocycles. The van der Waals surface area contributed by atoms with Gasteiger partial charge in [0, 0.05) is 30.4 Å². The summed E-state index contributed by atoms with van der Waals surface area (Å²) in [5, 5.41) is 6.46. The lowest BCUT2D eigenvalue weighted by Gasteiger charge is -2.44. The van der Waals surface area contributed by atoms with Crippen LogP contribution in [0.4, 0.5) is 0 Å². The summed E-state index contributed by atoms with van der Waals surface area (Å²) in [4.78, 5) is 14.0. The minimum atomic E-state index is 0.162. The topological polar surface area (TPSA) is 44.4 Å². The Bertz CT molecular complexity index is 327. The smallest absolute Gasteiger partial charge is 0.234 e. The van der Waals surface area contributed by atoms with Gasteiger partial charge in [-0.05, 0) is 26.7 Å². The predicted octanol–water partition coefficient (Wildman–Crippen LogP) is 1.24. The average Bonchev–Trinajstić information content (AvgIpc) is 2.27. The fourth-order valence-corrected chi connectivity index (χ4v) is 3.14. The highest BCUT2D eigenvalue weighted by Crippen LogP contribution is 2.25. The number of carbonyl (C=O) groups is 1. The van der Waals surface area contributed by atoms with E-state index in [2.05, 4.69) is 36.0 Å². The molecule has 1 saturated heterocycles. The van der Waals surface area contributed by atoms with E-state index in [1.165, 1.54) is 19.3 Å². The van der Waals surface area contributed by atoms with Gasteiger partial charge >= 0.3 is 0 Å². The van der Waals surface area contributed by atoms with Crippen LogP contribution in [0.1, 0.15) is 39.5 Å². The lowest BCUT2D eigenvalue weighted by Crippen LogP contribution is -2.62. The van der Waals surface area contributed by atoms with Crippen LogP contribution < -0.4 is 10.6 Å². The first-order valence-corrected chi connectivity index (χ1v) is 7.04. The number of piperazine rings is 1. The Balaban J connectivity index is 1.96. The first-order valence-electron chi connectivity index (χ1n) is 7.04. The Morgan fingerprint density at radius 2 is 2.22 bits per heavy atom. The molecule has 2 rings (SSSR count). The van der Waals surface area contributed by atoms with Gasteiger partial charge < -0.3 is 10.6 Å². The molecule has 1 amide bonds. The molecule has 4 nitrogen and oxygen atoms in total. The highest BCUT2D eigenvalue weighted by atomic mass is 16.2. The Labute approximate surface area is 110 Å². The molecule has 0 radical (unpaired) electrons. The molecule has 0 aromatic heterocycles. The Morgan fingerprint density at radius 3 is 2.94 bits per heavy atom. The van der Waals surface area contributed by atoms with E-state index in [4.69, 9.17) is 0 Å². The van der Waals surface area contributed by atoms with Crippen LogP contribution in [0.3, 0.4) is 0 Å². The van der Waals surface area contributed by atoms with Crippen molar-refractivity contribution in [2.45, 2.75) is 57.7 Å². The molecule has 2 atom stereocenters. The molecule has 18 heavy (non-hydrogen) atoms. The number of hydrogen-bond acceptors (Lipinski definition) is 3. The molecular formula is C14H25N3O. The van der Waals surface area contributed by atoms with E-state index in [0.29, 0.717) is 24.7 Å². The van der Waals surface area contributed by atoms with Crippen molar-refractivity contribution in [3.8, 4) is 0 Å². The third-order valence-corrected chi connectivity index (χ3v) is 3.78. The van der Waals surface area contributed by atoms with E-state index in [1.54, 1.807) is 0 Å². The Kier molecular flexibility index (Phi) is 4.27. The number of rotatable bonds is 4. The lowest BCUT2D eigenvalue weighted by molar-refractivity contribution is -0.128. The molecule has 2 N–H and O–H groups in total. The summed E-state index contributed by atoms with van der Waals surface area (Å²) in [6.07, 6.45) is 4.83. The average molecular weight is 251 g/mol. The second-order valence-corrected chi connectivity index (χ2v) is 5.83. The maximum absolute atomic E-state index is 11.7. The fourth-order valence-electron chi connectivity index (χ4n) is 3.14. The maximum Gasteiger partial charge on any atom is 0.234 e. The van der Waals surface area contributed by atoms with Crippen molar-refractivity contribution >= 4 is 5.91 Å². The number of nitrogens with one attached hydrogen (secondary N) is 2. The summed E-state index contributed by atoms with van der Waals surface area (Å²) in [6.45, 7) is 9.58. The van der Waals surface area contributed by atoms with Crippen LogP contribution in [-0.4, -0.2) is 42.0 Å². The van der Waals surface area contributed by atoms with Crippen molar-refractivity contribution < 1.29 is 4.79 Å². The quantitative estimate of drug-likeness (QED) is 0.790. The van der Waals surface area contributed by atoms with Crippen LogP contribution in [0.15, 0.2) is 12.3 Å². The molecule has 0 bridgehead atoms. The highest BCUT2D eigenvalue weighted by molar-refractivity contribution is 5.79. The molecule has 2 unspecified atom stereocenters. The van der Waals surface area contributed by atoms with Gasteiger partial charge in [0.15, 0.2) is 0 Å². The molecule has 1 aliphatic heterocycles. The van der Waals surface area contributed by atoms with Crippen LogP contribution >= 0.6 is 0 Å². The van der Waals surface area contributed by atoms with Crippen molar-refractivity contribution in [1.82, 2.24) is 15.5 Å². The van der Waals surface area contributed by atoms with Crippen LogP contribution in [0.5, 0.6) is 0 Å². The largest absolute Gasteiger partial charge is 0.386 e. The minimum Gasteiger partial charge on any atom is -0.386 e. The first kappa shape index (κ1) is 13.4. The van der Waals surface area contributed by atoms with Gasteiger partial charge in [-0.25, -0.2) is 0 Å². The lowest BCUT2D eigenvalue weighted by atomic mass is 9.87. The molecule has 1 saturated carbocycles. The van der Waals surface area contributed by atoms with E-state index in [-0.39, 0.29) is 5.91 Å². The SMILES string of the molecule is C=C(CN1CC(=O)NC2CCCCC21)NC(C)C. The monoisotopic (exact) mass is 251 g/mol. The summed E-state index contributed by atoms with van der Waals surface area (Å²) in [6, 6.07) is 1.26. The second kappa shape index (κ2) is 5.74. The third-order valence-electron chi connectivity index (χ3n) is 3.78. The van der Waals surface area contributed by atoms with Crippen molar-refractivity contribution in [1.29, 1.82) is 0 Å². The molecule has 1 aliphatic carbocycles. The van der Waals surface area contributed by atoms with E-state index in [9.17, 15) is 4.79 Å². The normalized spacial score (nSPS) is 28.7. The van der Waals surface area contributed by atoms with E-state index in [1.807, 2.05) is 0 Å². The molecular weight excluding hydrogens is 226 g/mol. The summed E-state index contributed by atoms with van der Waals surface area (Å²) in [7, 11) is 0. The van der Waals surface area contributed by atoms with Gasteiger partial charge in [-0.15, -0.1) is 0 Å². The molecule has 2 aliphatic rings. The second-order valence-electron chi connectivity index (χ2n) is 5.83. The highest BCUT2D eigenvalue weighted by Gasteiger charge is 2.36. The van der Waals surface area contributed by atoms with Gasteiger partial charge in [0.2, 0.25) is 5.91 Å². The summed E-state index contributed by atoms with van der Waals surface area (Å²) in [5.74, 6) is 0.162. The van der Waals surface area contributed by atoms with Crippen LogP contribution in [0, 0.1) is 0 Å². The number of hydrogen-bond donors (Lipinski definition) is 2. The van der Waals surface area contributed by atoms with Gasteiger partial charge in [-0.2, -0.15) is 0 Å². The number of amides is 1. The Hall–Kier alpha value is -1.03. The van der Waals surface area contributed by atoms with Crippen molar-refractivity contribution in [3.63, 3.8) is 0 Å². The first-order chi connectivity index (χ1) is 8.56. The zero-order chi connectivity index (χ0) is 13.1. The van der Waals surface area contributed by atoms with E-state index >= 15 is 0 Å². The Morgan fingerprint density at radius 1 is 1.50 bits per heavy atom. The van der Waals surface area contributed by atoms with Crippen molar-refractivity contribution in [3.05, 3.63) is 12.3 Å². The van der Waals surface area contributed by atoms with Gasteiger partial charge in [0.05, 0.1) is 6.54 Å². The molecule has 1 heterocycles. The number of carbonyl (C=O) groups excluding carboxylic acids is 1. The van der Waals surface area contributed by atoms with Crippen LogP contribution in [-0.2, 0) is 4.79 Å². The van der Waals surface area contributed by atoms with Gasteiger partial charge in [0.1, 0.15) is 0 Å². The molecule has 0 aromatic rings. The summed E-state index contributed by atoms with van der Waals surface area (Å²) in [5.41, 5.74) is 1.02.